The number of fused-ring (bicyclic) bond motifs is 2. The second-order valence-corrected chi connectivity index (χ2v) is 6.94. The fraction of sp³-hybridized carbons (Fsp3) is 0.0800. The van der Waals surface area contributed by atoms with Crippen LogP contribution >= 0.6 is 0 Å². The normalized spacial score (nSPS) is 11.2. The third kappa shape index (κ3) is 2.91. The Morgan fingerprint density at radius 2 is 1.54 bits per heavy atom. The number of hydrogen-bond acceptors (Lipinski definition) is 2. The average Bonchev–Trinajstić information content (AvgIpc) is 3.12. The van der Waals surface area contributed by atoms with Gasteiger partial charge in [0.05, 0.1) is 24.0 Å². The summed E-state index contributed by atoms with van der Waals surface area (Å²) >= 11 is 0. The highest BCUT2D eigenvalue weighted by Crippen LogP contribution is 2.27. The van der Waals surface area contributed by atoms with Gasteiger partial charge in [-0.1, -0.05) is 60.7 Å². The molecule has 136 valence electrons. The standard InChI is InChI=1S/C25H20N2O/c1-28-22-14-13-19-15-18(11-12-20(19)17-22)16-25-23-9-5-6-10-24(23)26-27(25)21-7-3-2-4-8-21/h2-15,17H,16H2,1H3. The van der Waals surface area contributed by atoms with Gasteiger partial charge in [0.25, 0.3) is 0 Å². The van der Waals surface area contributed by atoms with Crippen molar-refractivity contribution in [2.24, 2.45) is 0 Å². The smallest absolute Gasteiger partial charge is 0.119 e. The van der Waals surface area contributed by atoms with Gasteiger partial charge in [0.15, 0.2) is 0 Å². The van der Waals surface area contributed by atoms with Crippen LogP contribution in [0.5, 0.6) is 5.75 Å². The summed E-state index contributed by atoms with van der Waals surface area (Å²) < 4.78 is 7.41. The van der Waals surface area contributed by atoms with Crippen molar-refractivity contribution in [3.05, 3.63) is 102 Å². The van der Waals surface area contributed by atoms with Crippen LogP contribution in [0.2, 0.25) is 0 Å². The number of nitrogens with zero attached hydrogens (tertiary/aromatic N) is 2. The van der Waals surface area contributed by atoms with Crippen molar-refractivity contribution < 1.29 is 4.74 Å². The molecule has 0 saturated heterocycles. The Balaban J connectivity index is 1.62. The Kier molecular flexibility index (Phi) is 4.06. The van der Waals surface area contributed by atoms with E-state index < -0.39 is 0 Å². The molecule has 0 saturated carbocycles. The van der Waals surface area contributed by atoms with E-state index >= 15 is 0 Å². The molecule has 1 aromatic heterocycles. The Morgan fingerprint density at radius 1 is 0.786 bits per heavy atom. The zero-order chi connectivity index (χ0) is 18.9. The molecule has 0 bridgehead atoms. The van der Waals surface area contributed by atoms with E-state index in [1.165, 1.54) is 27.4 Å². The highest BCUT2D eigenvalue weighted by atomic mass is 16.5. The average molecular weight is 364 g/mol. The molecule has 0 unspecified atom stereocenters. The predicted octanol–water partition coefficient (Wildman–Crippen LogP) is 5.78. The number of rotatable bonds is 4. The number of hydrogen-bond donors (Lipinski definition) is 0. The summed E-state index contributed by atoms with van der Waals surface area (Å²) in [5.41, 5.74) is 4.57. The first-order chi connectivity index (χ1) is 13.8. The molecule has 28 heavy (non-hydrogen) atoms. The van der Waals surface area contributed by atoms with Crippen molar-refractivity contribution >= 4 is 21.7 Å². The number of benzene rings is 4. The minimum atomic E-state index is 0.817. The maximum Gasteiger partial charge on any atom is 0.119 e. The van der Waals surface area contributed by atoms with Gasteiger partial charge >= 0.3 is 0 Å². The molecule has 0 aliphatic carbocycles. The van der Waals surface area contributed by atoms with Gasteiger partial charge in [-0.15, -0.1) is 0 Å². The number of methoxy groups -OCH3 is 1. The third-order valence-electron chi connectivity index (χ3n) is 5.16. The zero-order valence-electron chi connectivity index (χ0n) is 15.7. The zero-order valence-corrected chi connectivity index (χ0v) is 15.7. The summed E-state index contributed by atoms with van der Waals surface area (Å²) in [6, 6.07) is 31.5. The van der Waals surface area contributed by atoms with Crippen molar-refractivity contribution in [2.75, 3.05) is 7.11 Å². The molecule has 3 heteroatoms. The Hall–Kier alpha value is -3.59. The fourth-order valence-corrected chi connectivity index (χ4v) is 3.74. The Labute approximate surface area is 163 Å². The summed E-state index contributed by atoms with van der Waals surface area (Å²) in [5, 5.41) is 8.46. The van der Waals surface area contributed by atoms with Crippen LogP contribution in [-0.4, -0.2) is 16.9 Å². The fourth-order valence-electron chi connectivity index (χ4n) is 3.74. The first-order valence-electron chi connectivity index (χ1n) is 9.40. The third-order valence-corrected chi connectivity index (χ3v) is 5.16. The van der Waals surface area contributed by atoms with Crippen LogP contribution in [0.4, 0.5) is 0 Å². The van der Waals surface area contributed by atoms with Crippen LogP contribution in [0.15, 0.2) is 91.0 Å². The predicted molar refractivity (Wildman–Crippen MR) is 114 cm³/mol. The maximum absolute atomic E-state index is 5.34. The van der Waals surface area contributed by atoms with Crippen molar-refractivity contribution in [3.8, 4) is 11.4 Å². The van der Waals surface area contributed by atoms with E-state index in [0.29, 0.717) is 0 Å². The van der Waals surface area contributed by atoms with Crippen LogP contribution in [0.1, 0.15) is 11.3 Å². The molecule has 0 radical (unpaired) electrons. The van der Waals surface area contributed by atoms with E-state index in [1.807, 2.05) is 18.2 Å². The molecule has 0 aliphatic rings. The van der Waals surface area contributed by atoms with Gasteiger partial charge in [-0.3, -0.25) is 0 Å². The van der Waals surface area contributed by atoms with E-state index in [1.54, 1.807) is 7.11 Å². The van der Waals surface area contributed by atoms with Gasteiger partial charge in [0.1, 0.15) is 5.75 Å². The van der Waals surface area contributed by atoms with E-state index in [0.717, 1.165) is 23.4 Å². The molecule has 5 rings (SSSR count). The maximum atomic E-state index is 5.34. The van der Waals surface area contributed by atoms with Gasteiger partial charge in [0.2, 0.25) is 0 Å². The van der Waals surface area contributed by atoms with Crippen LogP contribution in [-0.2, 0) is 6.42 Å². The van der Waals surface area contributed by atoms with E-state index in [9.17, 15) is 0 Å². The molecule has 0 N–H and O–H groups in total. The summed E-state index contributed by atoms with van der Waals surface area (Å²) in [4.78, 5) is 0. The molecule has 0 aliphatic heterocycles. The molecule has 0 atom stereocenters. The second-order valence-electron chi connectivity index (χ2n) is 6.94. The highest BCUT2D eigenvalue weighted by Gasteiger charge is 2.13. The summed E-state index contributed by atoms with van der Waals surface area (Å²) in [6.45, 7) is 0. The lowest BCUT2D eigenvalue weighted by Crippen LogP contribution is -2.03. The molecule has 1 heterocycles. The largest absolute Gasteiger partial charge is 0.497 e. The van der Waals surface area contributed by atoms with Gasteiger partial charge < -0.3 is 4.74 Å². The van der Waals surface area contributed by atoms with E-state index in [4.69, 9.17) is 9.84 Å². The summed E-state index contributed by atoms with van der Waals surface area (Å²) in [5.74, 6) is 0.883. The van der Waals surface area contributed by atoms with Crippen LogP contribution in [0.3, 0.4) is 0 Å². The first-order valence-corrected chi connectivity index (χ1v) is 9.40. The highest BCUT2D eigenvalue weighted by molar-refractivity contribution is 5.85. The minimum absolute atomic E-state index is 0.817. The Morgan fingerprint density at radius 3 is 2.39 bits per heavy atom. The number of ether oxygens (including phenoxy) is 1. The SMILES string of the molecule is COc1ccc2cc(Cc3c4ccccc4nn3-c3ccccc3)ccc2c1. The van der Waals surface area contributed by atoms with Crippen molar-refractivity contribution in [3.63, 3.8) is 0 Å². The minimum Gasteiger partial charge on any atom is -0.497 e. The van der Waals surface area contributed by atoms with Gasteiger partial charge in [-0.2, -0.15) is 5.10 Å². The lowest BCUT2D eigenvalue weighted by molar-refractivity contribution is 0.415. The molecule has 0 fully saturated rings. The van der Waals surface area contributed by atoms with Crippen molar-refractivity contribution in [1.29, 1.82) is 0 Å². The van der Waals surface area contributed by atoms with Gasteiger partial charge in [-0.05, 0) is 46.7 Å². The lowest BCUT2D eigenvalue weighted by atomic mass is 10.0. The van der Waals surface area contributed by atoms with Crippen molar-refractivity contribution in [1.82, 2.24) is 9.78 Å². The topological polar surface area (TPSA) is 27.1 Å². The monoisotopic (exact) mass is 364 g/mol. The van der Waals surface area contributed by atoms with E-state index in [2.05, 4.69) is 77.5 Å². The van der Waals surface area contributed by atoms with Crippen molar-refractivity contribution in [2.45, 2.75) is 6.42 Å². The van der Waals surface area contributed by atoms with Crippen LogP contribution in [0, 0.1) is 0 Å². The first kappa shape index (κ1) is 16.6. The molecular formula is C25H20N2O. The molecule has 5 aromatic rings. The lowest BCUT2D eigenvalue weighted by Gasteiger charge is -2.09. The van der Waals surface area contributed by atoms with Crippen LogP contribution in [0.25, 0.3) is 27.4 Å². The summed E-state index contributed by atoms with van der Waals surface area (Å²) in [6.07, 6.45) is 0.817. The molecule has 0 amide bonds. The number of para-hydroxylation sites is 1. The van der Waals surface area contributed by atoms with E-state index in [-0.39, 0.29) is 0 Å². The van der Waals surface area contributed by atoms with Gasteiger partial charge in [-0.25, -0.2) is 4.68 Å². The van der Waals surface area contributed by atoms with Gasteiger partial charge in [0, 0.05) is 11.8 Å². The molecule has 4 aromatic carbocycles. The van der Waals surface area contributed by atoms with Crippen LogP contribution < -0.4 is 4.74 Å². The summed E-state index contributed by atoms with van der Waals surface area (Å²) in [7, 11) is 1.70. The molecule has 0 spiro atoms. The molecule has 3 nitrogen and oxygen atoms in total. The molecular weight excluding hydrogens is 344 g/mol. The second kappa shape index (κ2) is 6.86. The number of aromatic nitrogens is 2. The Bertz CT molecular complexity index is 1270. The quantitative estimate of drug-likeness (QED) is 0.404.